The van der Waals surface area contributed by atoms with Gasteiger partial charge in [-0.1, -0.05) is 69.3 Å². The minimum absolute atomic E-state index is 0.0931. The molecule has 5 rings (SSSR count). The number of hydrogen-bond acceptors (Lipinski definition) is 2. The van der Waals surface area contributed by atoms with Gasteiger partial charge in [-0.25, -0.2) is 0 Å². The maximum atomic E-state index is 6.41. The van der Waals surface area contributed by atoms with Crippen LogP contribution in [0.2, 0.25) is 0 Å². The molecule has 3 aromatic carbocycles. The van der Waals surface area contributed by atoms with Gasteiger partial charge in [-0.2, -0.15) is 0 Å². The molecule has 2 heteroatoms. The van der Waals surface area contributed by atoms with Gasteiger partial charge in [0.1, 0.15) is 11.2 Å². The van der Waals surface area contributed by atoms with Gasteiger partial charge in [0.15, 0.2) is 0 Å². The van der Waals surface area contributed by atoms with Crippen LogP contribution in [0.4, 0.5) is 0 Å². The predicted octanol–water partition coefficient (Wildman–Crippen LogP) is 7.10. The fraction of sp³-hybridized carbons (Fsp3) is 0.160. The van der Waals surface area contributed by atoms with E-state index in [0.717, 1.165) is 38.6 Å². The molecule has 2 nitrogen and oxygen atoms in total. The van der Waals surface area contributed by atoms with E-state index in [1.165, 1.54) is 10.9 Å². The molecule has 132 valence electrons. The summed E-state index contributed by atoms with van der Waals surface area (Å²) < 4.78 is 6.41. The lowest BCUT2D eigenvalue weighted by Gasteiger charge is -2.18. The topological polar surface area (TPSA) is 26.0 Å². The van der Waals surface area contributed by atoms with E-state index in [-0.39, 0.29) is 5.41 Å². The molecule has 2 aromatic heterocycles. The van der Waals surface area contributed by atoms with E-state index >= 15 is 0 Å². The van der Waals surface area contributed by atoms with E-state index in [4.69, 9.17) is 9.40 Å². The quantitative estimate of drug-likeness (QED) is 0.322. The van der Waals surface area contributed by atoms with Gasteiger partial charge in [0.25, 0.3) is 0 Å². The summed E-state index contributed by atoms with van der Waals surface area (Å²) in [6.07, 6.45) is 1.98. The van der Waals surface area contributed by atoms with Crippen LogP contribution in [-0.2, 0) is 5.41 Å². The van der Waals surface area contributed by atoms with Crippen LogP contribution in [0.15, 0.2) is 77.3 Å². The van der Waals surface area contributed by atoms with E-state index in [2.05, 4.69) is 87.5 Å². The Hall–Kier alpha value is -3.13. The lowest BCUT2D eigenvalue weighted by molar-refractivity contribution is 0.587. The number of hydrogen-bond donors (Lipinski definition) is 0. The molecule has 0 spiro atoms. The molecule has 0 saturated carbocycles. The Balaban J connectivity index is 1.77. The summed E-state index contributed by atoms with van der Waals surface area (Å²) in [7, 11) is 0. The van der Waals surface area contributed by atoms with E-state index in [1.54, 1.807) is 0 Å². The molecule has 0 aliphatic heterocycles. The van der Waals surface area contributed by atoms with Crippen LogP contribution in [0.3, 0.4) is 0 Å². The van der Waals surface area contributed by atoms with E-state index in [0.29, 0.717) is 0 Å². The highest BCUT2D eigenvalue weighted by Crippen LogP contribution is 2.38. The molecule has 0 fully saturated rings. The SMILES string of the molecule is CC(C)(C)c1ccc(-c2cccc3c2oc2c4ccccc4ccc32)nc1. The summed E-state index contributed by atoms with van der Waals surface area (Å²) in [5.41, 5.74) is 5.15. The third-order valence-electron chi connectivity index (χ3n) is 5.29. The third kappa shape index (κ3) is 2.52. The van der Waals surface area contributed by atoms with Crippen molar-refractivity contribution < 1.29 is 4.42 Å². The maximum absolute atomic E-state index is 6.41. The van der Waals surface area contributed by atoms with Crippen LogP contribution in [-0.4, -0.2) is 4.98 Å². The monoisotopic (exact) mass is 351 g/mol. The van der Waals surface area contributed by atoms with Crippen LogP contribution in [0.1, 0.15) is 26.3 Å². The van der Waals surface area contributed by atoms with Gasteiger partial charge in [0, 0.05) is 27.9 Å². The first kappa shape index (κ1) is 16.1. The number of pyridine rings is 1. The van der Waals surface area contributed by atoms with Crippen molar-refractivity contribution in [3.63, 3.8) is 0 Å². The standard InChI is InChI=1S/C25H21NO/c1-25(2,3)17-12-14-22(26-15-17)21-10-6-9-19-20-13-11-16-7-4-5-8-18(16)23(20)27-24(19)21/h4-15H,1-3H3. The minimum atomic E-state index is 0.0931. The van der Waals surface area contributed by atoms with Gasteiger partial charge in [-0.15, -0.1) is 0 Å². The van der Waals surface area contributed by atoms with Gasteiger partial charge in [-0.3, -0.25) is 4.98 Å². The van der Waals surface area contributed by atoms with E-state index in [1.807, 2.05) is 6.20 Å². The molecule has 0 amide bonds. The molecule has 0 bridgehead atoms. The minimum Gasteiger partial charge on any atom is -0.455 e. The molecule has 0 radical (unpaired) electrons. The molecule has 5 aromatic rings. The molecule has 0 atom stereocenters. The van der Waals surface area contributed by atoms with Crippen molar-refractivity contribution in [2.24, 2.45) is 0 Å². The molecule has 0 aliphatic rings. The summed E-state index contributed by atoms with van der Waals surface area (Å²) in [5.74, 6) is 0. The molecular formula is C25H21NO. The number of nitrogens with zero attached hydrogens (tertiary/aromatic N) is 1. The Bertz CT molecular complexity index is 1290. The summed E-state index contributed by atoms with van der Waals surface area (Å²) in [5, 5.41) is 4.62. The van der Waals surface area contributed by atoms with Gasteiger partial charge < -0.3 is 4.42 Å². The van der Waals surface area contributed by atoms with Crippen molar-refractivity contribution in [3.8, 4) is 11.3 Å². The zero-order valence-corrected chi connectivity index (χ0v) is 15.8. The fourth-order valence-electron chi connectivity index (χ4n) is 3.72. The van der Waals surface area contributed by atoms with Gasteiger partial charge >= 0.3 is 0 Å². The Kier molecular flexibility index (Phi) is 3.38. The van der Waals surface area contributed by atoms with E-state index < -0.39 is 0 Å². The summed E-state index contributed by atoms with van der Waals surface area (Å²) in [6.45, 7) is 6.61. The second kappa shape index (κ2) is 5.68. The molecular weight excluding hydrogens is 330 g/mol. The Labute approximate surface area is 158 Å². The normalized spacial score (nSPS) is 12.3. The van der Waals surface area contributed by atoms with Gasteiger partial charge in [0.2, 0.25) is 0 Å². The number of rotatable bonds is 1. The van der Waals surface area contributed by atoms with Crippen LogP contribution < -0.4 is 0 Å². The molecule has 0 aliphatic carbocycles. The third-order valence-corrected chi connectivity index (χ3v) is 5.29. The van der Waals surface area contributed by atoms with E-state index in [9.17, 15) is 0 Å². The second-order valence-corrected chi connectivity index (χ2v) is 8.13. The molecule has 27 heavy (non-hydrogen) atoms. The van der Waals surface area contributed by atoms with Crippen LogP contribution >= 0.6 is 0 Å². The maximum Gasteiger partial charge on any atom is 0.144 e. The van der Waals surface area contributed by atoms with Crippen molar-refractivity contribution in [2.45, 2.75) is 26.2 Å². The highest BCUT2D eigenvalue weighted by molar-refractivity contribution is 6.17. The zero-order valence-electron chi connectivity index (χ0n) is 15.8. The largest absolute Gasteiger partial charge is 0.455 e. The van der Waals surface area contributed by atoms with Crippen LogP contribution in [0, 0.1) is 0 Å². The first-order valence-corrected chi connectivity index (χ1v) is 9.32. The lowest BCUT2D eigenvalue weighted by Crippen LogP contribution is -2.11. The Morgan fingerprint density at radius 2 is 1.48 bits per heavy atom. The van der Waals surface area contributed by atoms with Crippen molar-refractivity contribution in [2.75, 3.05) is 0 Å². The first-order valence-electron chi connectivity index (χ1n) is 9.32. The Morgan fingerprint density at radius 3 is 2.26 bits per heavy atom. The molecule has 0 unspecified atom stereocenters. The summed E-state index contributed by atoms with van der Waals surface area (Å²) >= 11 is 0. The van der Waals surface area contributed by atoms with Gasteiger partial charge in [-0.05, 0) is 34.6 Å². The van der Waals surface area contributed by atoms with Crippen LogP contribution in [0.5, 0.6) is 0 Å². The number of para-hydroxylation sites is 1. The van der Waals surface area contributed by atoms with Crippen molar-refractivity contribution in [3.05, 3.63) is 78.5 Å². The second-order valence-electron chi connectivity index (χ2n) is 8.13. The number of aromatic nitrogens is 1. The molecule has 0 N–H and O–H groups in total. The predicted molar refractivity (Wildman–Crippen MR) is 113 cm³/mol. The smallest absolute Gasteiger partial charge is 0.144 e. The summed E-state index contributed by atoms with van der Waals surface area (Å²) in [6, 6.07) is 23.2. The van der Waals surface area contributed by atoms with Crippen LogP contribution in [0.25, 0.3) is 44.0 Å². The summed E-state index contributed by atoms with van der Waals surface area (Å²) in [4.78, 5) is 4.74. The first-order chi connectivity index (χ1) is 13.0. The van der Waals surface area contributed by atoms with Crippen molar-refractivity contribution in [1.82, 2.24) is 4.98 Å². The van der Waals surface area contributed by atoms with Crippen molar-refractivity contribution >= 4 is 32.7 Å². The highest BCUT2D eigenvalue weighted by Gasteiger charge is 2.17. The number of benzene rings is 3. The fourth-order valence-corrected chi connectivity index (χ4v) is 3.72. The van der Waals surface area contributed by atoms with Gasteiger partial charge in [0.05, 0.1) is 5.69 Å². The number of furan rings is 1. The lowest BCUT2D eigenvalue weighted by atomic mass is 9.88. The highest BCUT2D eigenvalue weighted by atomic mass is 16.3. The van der Waals surface area contributed by atoms with Crippen molar-refractivity contribution in [1.29, 1.82) is 0 Å². The number of fused-ring (bicyclic) bond motifs is 5. The Morgan fingerprint density at radius 1 is 0.704 bits per heavy atom. The average molecular weight is 351 g/mol. The average Bonchev–Trinajstić information content (AvgIpc) is 3.07. The zero-order chi connectivity index (χ0) is 18.6. The molecule has 2 heterocycles. The molecule has 0 saturated heterocycles.